The highest BCUT2D eigenvalue weighted by molar-refractivity contribution is 5.41. The highest BCUT2D eigenvalue weighted by Gasteiger charge is 2.02. The van der Waals surface area contributed by atoms with E-state index in [4.69, 9.17) is 14.2 Å². The fourth-order valence-electron chi connectivity index (χ4n) is 1.89. The van der Waals surface area contributed by atoms with Crippen LogP contribution in [0, 0.1) is 0 Å². The lowest BCUT2D eigenvalue weighted by atomic mass is 10.2. The number of rotatable bonds is 11. The van der Waals surface area contributed by atoms with Crippen molar-refractivity contribution in [3.8, 4) is 17.2 Å². The Balaban J connectivity index is 2.21. The summed E-state index contributed by atoms with van der Waals surface area (Å²) >= 11 is 0. The van der Waals surface area contributed by atoms with E-state index in [9.17, 15) is 0 Å². The topological polar surface area (TPSA) is 39.7 Å². The van der Waals surface area contributed by atoms with Crippen molar-refractivity contribution in [2.75, 3.05) is 33.9 Å². The van der Waals surface area contributed by atoms with Crippen molar-refractivity contribution >= 4 is 0 Å². The van der Waals surface area contributed by atoms with Crippen molar-refractivity contribution in [2.45, 2.75) is 32.6 Å². The Labute approximate surface area is 122 Å². The summed E-state index contributed by atoms with van der Waals surface area (Å²) in [4.78, 5) is 0. The molecule has 1 N–H and O–H groups in total. The smallest absolute Gasteiger partial charge is 0.126 e. The van der Waals surface area contributed by atoms with E-state index >= 15 is 0 Å². The summed E-state index contributed by atoms with van der Waals surface area (Å²) in [5, 5.41) is 3.40. The quantitative estimate of drug-likeness (QED) is 0.632. The molecule has 0 radical (unpaired) electrons. The van der Waals surface area contributed by atoms with Crippen molar-refractivity contribution in [3.63, 3.8) is 0 Å². The van der Waals surface area contributed by atoms with Crippen molar-refractivity contribution in [2.24, 2.45) is 0 Å². The van der Waals surface area contributed by atoms with E-state index in [1.165, 1.54) is 19.3 Å². The highest BCUT2D eigenvalue weighted by Crippen LogP contribution is 2.27. The lowest BCUT2D eigenvalue weighted by Gasteiger charge is -2.10. The minimum Gasteiger partial charge on any atom is -0.496 e. The minimum absolute atomic E-state index is 0.726. The maximum Gasteiger partial charge on any atom is 0.126 e. The summed E-state index contributed by atoms with van der Waals surface area (Å²) in [5.41, 5.74) is 0. The monoisotopic (exact) mass is 281 g/mol. The largest absolute Gasteiger partial charge is 0.496 e. The summed E-state index contributed by atoms with van der Waals surface area (Å²) in [7, 11) is 3.28. The highest BCUT2D eigenvalue weighted by atomic mass is 16.5. The number of ether oxygens (including phenoxy) is 3. The van der Waals surface area contributed by atoms with Crippen molar-refractivity contribution in [1.29, 1.82) is 0 Å². The molecule has 0 aliphatic heterocycles. The zero-order valence-electron chi connectivity index (χ0n) is 12.9. The molecule has 4 heteroatoms. The van der Waals surface area contributed by atoms with Crippen LogP contribution >= 0.6 is 0 Å². The van der Waals surface area contributed by atoms with Gasteiger partial charge in [0.2, 0.25) is 0 Å². The van der Waals surface area contributed by atoms with Gasteiger partial charge in [0.05, 0.1) is 20.8 Å². The van der Waals surface area contributed by atoms with Gasteiger partial charge in [0.25, 0.3) is 0 Å². The van der Waals surface area contributed by atoms with Gasteiger partial charge in [-0.25, -0.2) is 0 Å². The molecule has 0 spiro atoms. The number of methoxy groups -OCH3 is 2. The Morgan fingerprint density at radius 1 is 0.850 bits per heavy atom. The molecule has 0 aliphatic rings. The van der Waals surface area contributed by atoms with Gasteiger partial charge in [-0.3, -0.25) is 0 Å². The Hall–Kier alpha value is -1.42. The Morgan fingerprint density at radius 2 is 1.50 bits per heavy atom. The lowest BCUT2D eigenvalue weighted by Crippen LogP contribution is -2.15. The summed E-state index contributed by atoms with van der Waals surface area (Å²) in [5.74, 6) is 2.30. The van der Waals surface area contributed by atoms with Crippen LogP contribution in [0.3, 0.4) is 0 Å². The second-order valence-corrected chi connectivity index (χ2v) is 4.71. The SMILES string of the molecule is CCCNCCCCCOc1cc(OC)cc(OC)c1. The number of nitrogens with one attached hydrogen (secondary N) is 1. The van der Waals surface area contributed by atoms with E-state index in [0.29, 0.717) is 0 Å². The van der Waals surface area contributed by atoms with Gasteiger partial charge < -0.3 is 19.5 Å². The van der Waals surface area contributed by atoms with Gasteiger partial charge in [0, 0.05) is 18.2 Å². The molecule has 20 heavy (non-hydrogen) atoms. The fourth-order valence-corrected chi connectivity index (χ4v) is 1.89. The molecule has 1 rings (SSSR count). The van der Waals surface area contributed by atoms with E-state index in [1.54, 1.807) is 14.2 Å². The van der Waals surface area contributed by atoms with Crippen LogP contribution < -0.4 is 19.5 Å². The normalized spacial score (nSPS) is 10.3. The zero-order chi connectivity index (χ0) is 14.6. The number of hydrogen-bond acceptors (Lipinski definition) is 4. The molecule has 0 saturated carbocycles. The van der Waals surface area contributed by atoms with Crippen LogP contribution in [0.4, 0.5) is 0 Å². The molecule has 114 valence electrons. The van der Waals surface area contributed by atoms with Crippen LogP contribution in [0.2, 0.25) is 0 Å². The molecule has 1 aromatic rings. The van der Waals surface area contributed by atoms with Gasteiger partial charge in [0.1, 0.15) is 17.2 Å². The van der Waals surface area contributed by atoms with Crippen LogP contribution in [0.15, 0.2) is 18.2 Å². The van der Waals surface area contributed by atoms with Crippen LogP contribution in [0.5, 0.6) is 17.2 Å². The molecule has 0 unspecified atom stereocenters. The van der Waals surface area contributed by atoms with E-state index in [-0.39, 0.29) is 0 Å². The Morgan fingerprint density at radius 3 is 2.10 bits per heavy atom. The van der Waals surface area contributed by atoms with Crippen LogP contribution in [-0.2, 0) is 0 Å². The lowest BCUT2D eigenvalue weighted by molar-refractivity contribution is 0.299. The van der Waals surface area contributed by atoms with E-state index < -0.39 is 0 Å². The maximum absolute atomic E-state index is 5.74. The molecule has 0 atom stereocenters. The third-order valence-electron chi connectivity index (χ3n) is 3.02. The molecule has 0 saturated heterocycles. The molecule has 1 aromatic carbocycles. The molecule has 4 nitrogen and oxygen atoms in total. The minimum atomic E-state index is 0.726. The maximum atomic E-state index is 5.74. The summed E-state index contributed by atoms with van der Waals surface area (Å²) in [6, 6.07) is 5.60. The van der Waals surface area contributed by atoms with E-state index in [0.717, 1.165) is 43.4 Å². The molecular weight excluding hydrogens is 254 g/mol. The van der Waals surface area contributed by atoms with Crippen molar-refractivity contribution < 1.29 is 14.2 Å². The average molecular weight is 281 g/mol. The van der Waals surface area contributed by atoms with Crippen LogP contribution in [0.1, 0.15) is 32.6 Å². The predicted molar refractivity (Wildman–Crippen MR) is 82.1 cm³/mol. The van der Waals surface area contributed by atoms with Crippen molar-refractivity contribution in [1.82, 2.24) is 5.32 Å². The molecule has 0 fully saturated rings. The van der Waals surface area contributed by atoms with Crippen molar-refractivity contribution in [3.05, 3.63) is 18.2 Å². The molecular formula is C16H27NO3. The first-order valence-corrected chi connectivity index (χ1v) is 7.36. The van der Waals surface area contributed by atoms with Gasteiger partial charge in [-0.05, 0) is 38.8 Å². The second-order valence-electron chi connectivity index (χ2n) is 4.71. The molecule has 0 heterocycles. The fraction of sp³-hybridized carbons (Fsp3) is 0.625. The summed E-state index contributed by atoms with van der Waals surface area (Å²) in [6.07, 6.45) is 4.64. The predicted octanol–water partition coefficient (Wildman–Crippen LogP) is 3.25. The third kappa shape index (κ3) is 6.66. The number of benzene rings is 1. The first-order valence-electron chi connectivity index (χ1n) is 7.36. The Bertz CT molecular complexity index is 346. The standard InChI is InChI=1S/C16H27NO3/c1-4-8-17-9-6-5-7-10-20-16-12-14(18-2)11-15(13-16)19-3/h11-13,17H,4-10H2,1-3H3. The van der Waals surface area contributed by atoms with Gasteiger partial charge >= 0.3 is 0 Å². The number of unbranched alkanes of at least 4 members (excludes halogenated alkanes) is 2. The first kappa shape index (κ1) is 16.6. The van der Waals surface area contributed by atoms with E-state index in [2.05, 4.69) is 12.2 Å². The summed E-state index contributed by atoms with van der Waals surface area (Å²) < 4.78 is 16.2. The molecule has 0 aromatic heterocycles. The average Bonchev–Trinajstić information content (AvgIpc) is 2.49. The number of hydrogen-bond donors (Lipinski definition) is 1. The van der Waals surface area contributed by atoms with Gasteiger partial charge in [-0.2, -0.15) is 0 Å². The zero-order valence-corrected chi connectivity index (χ0v) is 12.9. The van der Waals surface area contributed by atoms with Crippen LogP contribution in [-0.4, -0.2) is 33.9 Å². The second kappa shape index (κ2) is 10.4. The molecule has 0 bridgehead atoms. The van der Waals surface area contributed by atoms with E-state index in [1.807, 2.05) is 18.2 Å². The van der Waals surface area contributed by atoms with Crippen LogP contribution in [0.25, 0.3) is 0 Å². The van der Waals surface area contributed by atoms with Gasteiger partial charge in [0.15, 0.2) is 0 Å². The molecule has 0 amide bonds. The third-order valence-corrected chi connectivity index (χ3v) is 3.02. The molecule has 0 aliphatic carbocycles. The summed E-state index contributed by atoms with van der Waals surface area (Å²) in [6.45, 7) is 5.12. The Kier molecular flexibility index (Phi) is 8.63. The van der Waals surface area contributed by atoms with Gasteiger partial charge in [-0.1, -0.05) is 6.92 Å². The first-order chi connectivity index (χ1) is 9.80. The van der Waals surface area contributed by atoms with Gasteiger partial charge in [-0.15, -0.1) is 0 Å².